The Kier molecular flexibility index (Phi) is 23.8. The molecule has 7 unspecified atom stereocenters. The van der Waals surface area contributed by atoms with Crippen LogP contribution >= 0.6 is 0 Å². The molecular weight excluding hydrogens is 1180 g/mol. The van der Waals surface area contributed by atoms with Gasteiger partial charge in [0.05, 0.1) is 26.4 Å². The number of esters is 3. The molecule has 86 heavy (non-hydrogen) atoms. The van der Waals surface area contributed by atoms with Crippen LogP contribution in [0.1, 0.15) is 20.8 Å². The van der Waals surface area contributed by atoms with Gasteiger partial charge in [-0.3, -0.25) is 14.4 Å². The Morgan fingerprint density at radius 1 is 0.244 bits per heavy atom. The van der Waals surface area contributed by atoms with E-state index in [-0.39, 0.29) is 0 Å². The van der Waals surface area contributed by atoms with Crippen molar-refractivity contribution in [3.8, 4) is 0 Å². The Labute approximate surface area is 486 Å². The molecule has 0 amide bonds. The summed E-state index contributed by atoms with van der Waals surface area (Å²) in [4.78, 5) is 36.3. The van der Waals surface area contributed by atoms with E-state index in [2.05, 4.69) is 0 Å². The van der Waals surface area contributed by atoms with E-state index in [1.807, 2.05) is 0 Å². The quantitative estimate of drug-likeness (QED) is 0.0713. The van der Waals surface area contributed by atoms with Crippen molar-refractivity contribution in [1.29, 1.82) is 0 Å². The predicted molar refractivity (Wildman–Crippen MR) is 257 cm³/mol. The van der Waals surface area contributed by atoms with Gasteiger partial charge in [-0.15, -0.1) is 0 Å². The van der Waals surface area contributed by atoms with Crippen LogP contribution in [-0.2, 0) is 94.9 Å². The molecule has 0 aromatic heterocycles. The Morgan fingerprint density at radius 2 is 0.384 bits per heavy atom. The lowest BCUT2D eigenvalue weighted by Gasteiger charge is -2.50. The Balaban J connectivity index is 1.12. The maximum atomic E-state index is 12.1. The van der Waals surface area contributed by atoms with Crippen molar-refractivity contribution in [2.45, 2.75) is 236 Å². The predicted octanol–water partition coefficient (Wildman–Crippen LogP) is -13.5. The van der Waals surface area contributed by atoms with Gasteiger partial charge in [0.2, 0.25) is 0 Å². The van der Waals surface area contributed by atoms with Crippen LogP contribution in [0.5, 0.6) is 0 Å². The second-order valence-electron chi connectivity index (χ2n) is 21.5. The molecule has 35 atom stereocenters. The lowest BCUT2D eigenvalue weighted by atomic mass is 9.95. The molecule has 21 saturated heterocycles. The van der Waals surface area contributed by atoms with Crippen LogP contribution in [0, 0.1) is 0 Å². The standard InChI is InChI=1S/C48H76O38/c1-11(53)70-8-18-39-25(60)32(67)46(77-18)82-37-16(6-51)74-43(29(64)22(37)57)80-35-14(4-49)73-42(28(63)21(35)56)81-36-15(5-50)75-44(30(65)23(36)58)85-40-19(9-71-12(2)54)79-48(34(69)27(40)62)86-41-20(10-72-13(3)55)78-47(33(68)26(41)61)83-38-17(7-52)76-45(84-39)31(66)24(38)59/h14-52,56-69H,4-10H2,1-3H3/t14-,15-,16-,17-,18-,19-,20-,21-,22-,23-,24-,25-,26-,27-,28-,29-,30-,31-,32-,33-,34-,35-,36-,37-,38-,39-,40-,41-,42?,43?,44?,45?,46?,47?,48?/m1/s1. The summed E-state index contributed by atoms with van der Waals surface area (Å²) in [6, 6.07) is 0. The molecule has 0 saturated carbocycles. The van der Waals surface area contributed by atoms with Crippen molar-refractivity contribution >= 4 is 17.9 Å². The minimum absolute atomic E-state index is 0.834. The first-order chi connectivity index (χ1) is 40.7. The number of hydrogen-bond donors (Lipinski definition) is 18. The topological polar surface area (TPSA) is 572 Å². The minimum atomic E-state index is -2.29. The molecule has 21 rings (SSSR count). The van der Waals surface area contributed by atoms with Gasteiger partial charge in [0.1, 0.15) is 191 Å². The fourth-order valence-corrected chi connectivity index (χ4v) is 11.0. The zero-order valence-electron chi connectivity index (χ0n) is 45.9. The van der Waals surface area contributed by atoms with Crippen molar-refractivity contribution in [2.75, 3.05) is 46.2 Å². The maximum Gasteiger partial charge on any atom is 0.302 e. The molecule has 0 aromatic rings. The summed E-state index contributed by atoms with van der Waals surface area (Å²) in [5, 5.41) is 203. The average molecular weight is 1260 g/mol. The van der Waals surface area contributed by atoms with Crippen molar-refractivity contribution in [3.05, 3.63) is 0 Å². The number of rotatable bonds is 10. The molecule has 21 aliphatic heterocycles. The van der Waals surface area contributed by atoms with E-state index >= 15 is 0 Å². The van der Waals surface area contributed by atoms with Gasteiger partial charge >= 0.3 is 17.9 Å². The Hall–Kier alpha value is -2.87. The number of aliphatic hydroxyl groups excluding tert-OH is 18. The fourth-order valence-electron chi connectivity index (χ4n) is 11.0. The zero-order valence-corrected chi connectivity index (χ0v) is 45.9. The van der Waals surface area contributed by atoms with Gasteiger partial charge in [-0.2, -0.15) is 0 Å². The van der Waals surface area contributed by atoms with Gasteiger partial charge in [-0.1, -0.05) is 0 Å². The second-order valence-corrected chi connectivity index (χ2v) is 21.5. The summed E-state index contributed by atoms with van der Waals surface area (Å²) in [5.74, 6) is -2.80. The third-order valence-electron chi connectivity index (χ3n) is 15.6. The Morgan fingerprint density at radius 3 is 0.523 bits per heavy atom. The summed E-state index contributed by atoms with van der Waals surface area (Å²) < 4.78 is 96.5. The molecule has 496 valence electrons. The molecule has 21 fully saturated rings. The summed E-state index contributed by atoms with van der Waals surface area (Å²) in [5.41, 5.74) is 0. The molecule has 0 radical (unpaired) electrons. The first-order valence-corrected chi connectivity index (χ1v) is 27.3. The second kappa shape index (κ2) is 29.6. The summed E-state index contributed by atoms with van der Waals surface area (Å²) >= 11 is 0. The lowest BCUT2D eigenvalue weighted by Crippen LogP contribution is -2.68. The highest BCUT2D eigenvalue weighted by Crippen LogP contribution is 2.39. The number of hydrogen-bond acceptors (Lipinski definition) is 38. The highest BCUT2D eigenvalue weighted by Gasteiger charge is 2.60. The number of ether oxygens (including phenoxy) is 17. The van der Waals surface area contributed by atoms with E-state index in [9.17, 15) is 106 Å². The smallest absolute Gasteiger partial charge is 0.302 e. The van der Waals surface area contributed by atoms with E-state index in [1.54, 1.807) is 0 Å². The monoisotopic (exact) mass is 1260 g/mol. The molecule has 0 spiro atoms. The van der Waals surface area contributed by atoms with Gasteiger partial charge < -0.3 is 172 Å². The number of carbonyl (C=O) groups is 3. The molecule has 38 heteroatoms. The van der Waals surface area contributed by atoms with E-state index in [0.29, 0.717) is 0 Å². The van der Waals surface area contributed by atoms with Gasteiger partial charge in [0.15, 0.2) is 44.0 Å². The molecule has 38 nitrogen and oxygen atoms in total. The molecule has 18 N–H and O–H groups in total. The highest BCUT2D eigenvalue weighted by molar-refractivity contribution is 5.66. The van der Waals surface area contributed by atoms with E-state index in [1.165, 1.54) is 0 Å². The van der Waals surface area contributed by atoms with Crippen molar-refractivity contribution in [3.63, 3.8) is 0 Å². The van der Waals surface area contributed by atoms with Crippen LogP contribution in [0.2, 0.25) is 0 Å². The fraction of sp³-hybridized carbons (Fsp3) is 0.938. The van der Waals surface area contributed by atoms with E-state index in [0.717, 1.165) is 20.8 Å². The van der Waals surface area contributed by atoms with Crippen LogP contribution in [0.4, 0.5) is 0 Å². The third kappa shape index (κ3) is 14.7. The van der Waals surface area contributed by atoms with Gasteiger partial charge in [-0.25, -0.2) is 0 Å². The molecule has 0 aromatic carbocycles. The maximum absolute atomic E-state index is 12.1. The van der Waals surface area contributed by atoms with Crippen LogP contribution < -0.4 is 0 Å². The van der Waals surface area contributed by atoms with Crippen molar-refractivity contribution in [1.82, 2.24) is 0 Å². The first kappa shape index (κ1) is 69.0. The van der Waals surface area contributed by atoms with Crippen molar-refractivity contribution in [2.24, 2.45) is 0 Å². The van der Waals surface area contributed by atoms with Crippen LogP contribution in [0.15, 0.2) is 0 Å². The van der Waals surface area contributed by atoms with Crippen molar-refractivity contribution < 1.29 is 187 Å². The largest absolute Gasteiger partial charge is 0.463 e. The highest BCUT2D eigenvalue weighted by atomic mass is 16.8. The minimum Gasteiger partial charge on any atom is -0.463 e. The third-order valence-corrected chi connectivity index (χ3v) is 15.6. The molecule has 14 bridgehead atoms. The molecule has 0 aliphatic carbocycles. The average Bonchev–Trinajstić information content (AvgIpc) is 1.02. The van der Waals surface area contributed by atoms with Crippen LogP contribution in [0.25, 0.3) is 0 Å². The summed E-state index contributed by atoms with van der Waals surface area (Å²) in [6.45, 7) is -3.95. The van der Waals surface area contributed by atoms with Gasteiger partial charge in [-0.05, 0) is 0 Å². The van der Waals surface area contributed by atoms with Gasteiger partial charge in [0.25, 0.3) is 0 Å². The van der Waals surface area contributed by atoms with Crippen LogP contribution in [0.3, 0.4) is 0 Å². The normalized spacial score (nSPS) is 50.5. The molecule has 21 heterocycles. The SMILES string of the molecule is CC(=O)OC[C@H]1OC2O[C@H]3[C@H](O)[C@@H](O)C(O[C@H]4[C@H](O)[C@@H](O)C(O[C@H]5[C@H](O)[C@@H](O)C(O[C@H]6[C@H](O)[C@@H](O)C(O[C@H]7[C@H](O)[C@@H](O)C(O[C@H]8[C@H](O)[C@@H](O)C(O[C@H]1[C@H](O)[C@H]2O)O[C@@H]8CO)O[C@@H]7COC(C)=O)O[C@@H]6COC(C)=O)O[C@@H]5CO)O[C@@H]4CO)O[C@@H]3CO. The van der Waals surface area contributed by atoms with E-state index in [4.69, 9.17) is 80.5 Å². The first-order valence-electron chi connectivity index (χ1n) is 27.3. The lowest BCUT2D eigenvalue weighted by molar-refractivity contribution is -0.396. The summed E-state index contributed by atoms with van der Waals surface area (Å²) in [6.07, 6.45) is -72.3. The Bertz CT molecular complexity index is 2180. The van der Waals surface area contributed by atoms with Gasteiger partial charge in [0, 0.05) is 20.8 Å². The molecule has 21 aliphatic rings. The summed E-state index contributed by atoms with van der Waals surface area (Å²) in [7, 11) is 0. The number of carbonyl (C=O) groups excluding carboxylic acids is 3. The number of aliphatic hydroxyl groups is 18. The molecular formula is C48H76O38. The van der Waals surface area contributed by atoms with Crippen LogP contribution in [-0.4, -0.2) is 371 Å². The van der Waals surface area contributed by atoms with E-state index < -0.39 is 279 Å². The zero-order chi connectivity index (χ0) is 62.9.